The summed E-state index contributed by atoms with van der Waals surface area (Å²) < 4.78 is 12.9. The number of para-hydroxylation sites is 2. The molecule has 10 heteroatoms. The molecule has 2 aliphatic rings. The molecular weight excluding hydrogens is 548 g/mol. The lowest BCUT2D eigenvalue weighted by molar-refractivity contribution is -0.252. The third-order valence-electron chi connectivity index (χ3n) is 7.81. The molecule has 0 aromatic heterocycles. The van der Waals surface area contributed by atoms with E-state index in [0.717, 1.165) is 29.7 Å². The maximum atomic E-state index is 12.7. The predicted molar refractivity (Wildman–Crippen MR) is 164 cm³/mol. The van der Waals surface area contributed by atoms with Crippen molar-refractivity contribution in [1.29, 1.82) is 0 Å². The molecule has 2 amide bonds. The number of nitrogens with zero attached hydrogens (tertiary/aromatic N) is 1. The van der Waals surface area contributed by atoms with Crippen LogP contribution in [-0.4, -0.2) is 58.8 Å². The monoisotopic (exact) mass is 588 g/mol. The second-order valence-corrected chi connectivity index (χ2v) is 11.2. The van der Waals surface area contributed by atoms with Crippen LogP contribution < -0.4 is 16.4 Å². The van der Waals surface area contributed by atoms with Gasteiger partial charge < -0.3 is 36.1 Å². The largest absolute Gasteiger partial charge is 0.397 e. The first kappa shape index (κ1) is 30.7. The van der Waals surface area contributed by atoms with Gasteiger partial charge in [0.05, 0.1) is 36.3 Å². The smallest absolute Gasteiger partial charge is 0.224 e. The fourth-order valence-electron chi connectivity index (χ4n) is 5.52. The van der Waals surface area contributed by atoms with Gasteiger partial charge in [-0.15, -0.1) is 0 Å². The van der Waals surface area contributed by atoms with Gasteiger partial charge in [0, 0.05) is 50.1 Å². The second kappa shape index (κ2) is 14.6. The summed E-state index contributed by atoms with van der Waals surface area (Å²) in [7, 11) is 0. The van der Waals surface area contributed by atoms with E-state index in [1.54, 1.807) is 24.3 Å². The summed E-state index contributed by atoms with van der Waals surface area (Å²) in [4.78, 5) is 27.2. The van der Waals surface area contributed by atoms with Gasteiger partial charge in [0.15, 0.2) is 6.29 Å². The number of hydrogen-bond donors (Lipinski definition) is 5. The number of rotatable bonds is 11. The van der Waals surface area contributed by atoms with Crippen molar-refractivity contribution in [3.05, 3.63) is 89.5 Å². The van der Waals surface area contributed by atoms with Gasteiger partial charge in [-0.3, -0.25) is 14.5 Å². The van der Waals surface area contributed by atoms with E-state index in [4.69, 9.17) is 15.2 Å². The molecule has 4 atom stereocenters. The molecule has 43 heavy (non-hydrogen) atoms. The number of nitrogens with one attached hydrogen (secondary N) is 2. The quantitative estimate of drug-likeness (QED) is 0.210. The molecule has 2 heterocycles. The number of anilines is 3. The van der Waals surface area contributed by atoms with Gasteiger partial charge >= 0.3 is 0 Å². The Bertz CT molecular complexity index is 1380. The fourth-order valence-corrected chi connectivity index (χ4v) is 5.52. The minimum absolute atomic E-state index is 0.0219. The Morgan fingerprint density at radius 1 is 0.930 bits per heavy atom. The first-order chi connectivity index (χ1) is 20.9. The van der Waals surface area contributed by atoms with Gasteiger partial charge in [-0.05, 0) is 48.2 Å². The maximum Gasteiger partial charge on any atom is 0.224 e. The fraction of sp³-hybridized carbons (Fsp3) is 0.394. The zero-order valence-corrected chi connectivity index (χ0v) is 24.2. The molecule has 0 spiro atoms. The highest BCUT2D eigenvalue weighted by Crippen LogP contribution is 2.39. The lowest BCUT2D eigenvalue weighted by Gasteiger charge is -2.38. The van der Waals surface area contributed by atoms with E-state index >= 15 is 0 Å². The standard InChI is InChI=1S/C33H40N4O6/c34-28-7-1-2-8-29(28)36-32(41)10-4-9-31(40)35-25-6-3-5-24(17-25)33-42-27(20-37-16-15-26(39)19-37)18-30(43-33)23-13-11-22(21-38)12-14-23/h1-3,5-8,11-14,17,26-27,30,33,38-39H,4,9-10,15-16,18-21,34H2,(H,35,40)(H,36,41)/t26-,27-,30+,33+/m0/s1. The molecule has 10 nitrogen and oxygen atoms in total. The Labute approximate surface area is 251 Å². The van der Waals surface area contributed by atoms with Crippen molar-refractivity contribution in [3.63, 3.8) is 0 Å². The molecule has 0 bridgehead atoms. The SMILES string of the molecule is Nc1ccccc1NC(=O)CCCC(=O)Nc1cccc([C@@H]2O[C@H](CN3CC[C@H](O)C3)C[C@H](c3ccc(CO)cc3)O2)c1. The van der Waals surface area contributed by atoms with Crippen LogP contribution >= 0.6 is 0 Å². The third-order valence-corrected chi connectivity index (χ3v) is 7.81. The number of likely N-dealkylation sites (tertiary alicyclic amines) is 1. The number of hydrogen-bond acceptors (Lipinski definition) is 8. The molecular formula is C33H40N4O6. The van der Waals surface area contributed by atoms with E-state index in [2.05, 4.69) is 15.5 Å². The zero-order chi connectivity index (χ0) is 30.2. The number of aliphatic hydroxyl groups excluding tert-OH is 2. The molecule has 0 aliphatic carbocycles. The molecule has 0 unspecified atom stereocenters. The Balaban J connectivity index is 1.19. The van der Waals surface area contributed by atoms with E-state index in [1.807, 2.05) is 48.5 Å². The minimum atomic E-state index is -0.653. The van der Waals surface area contributed by atoms with Crippen molar-refractivity contribution in [1.82, 2.24) is 4.90 Å². The van der Waals surface area contributed by atoms with E-state index < -0.39 is 6.29 Å². The van der Waals surface area contributed by atoms with Crippen molar-refractivity contribution < 1.29 is 29.3 Å². The molecule has 5 rings (SSSR count). The zero-order valence-electron chi connectivity index (χ0n) is 24.2. The lowest BCUT2D eigenvalue weighted by atomic mass is 9.99. The Hall–Kier alpha value is -3.80. The number of aliphatic hydroxyl groups is 2. The van der Waals surface area contributed by atoms with Gasteiger partial charge in [0.1, 0.15) is 0 Å². The van der Waals surface area contributed by atoms with Crippen LogP contribution in [0, 0.1) is 0 Å². The number of carbonyl (C=O) groups is 2. The Kier molecular flexibility index (Phi) is 10.4. The van der Waals surface area contributed by atoms with Crippen molar-refractivity contribution >= 4 is 28.9 Å². The Morgan fingerprint density at radius 3 is 2.42 bits per heavy atom. The summed E-state index contributed by atoms with van der Waals surface area (Å²) in [5, 5.41) is 25.2. The number of ether oxygens (including phenoxy) is 2. The highest BCUT2D eigenvalue weighted by Gasteiger charge is 2.34. The summed E-state index contributed by atoms with van der Waals surface area (Å²) in [6.45, 7) is 2.12. The van der Waals surface area contributed by atoms with Crippen LogP contribution in [-0.2, 0) is 25.7 Å². The van der Waals surface area contributed by atoms with Gasteiger partial charge in [0.25, 0.3) is 0 Å². The molecule has 0 saturated carbocycles. The summed E-state index contributed by atoms with van der Waals surface area (Å²) in [5.41, 5.74) is 10.2. The number of carbonyl (C=O) groups excluding carboxylic acids is 2. The first-order valence-corrected chi connectivity index (χ1v) is 14.8. The third kappa shape index (κ3) is 8.62. The second-order valence-electron chi connectivity index (χ2n) is 11.2. The van der Waals surface area contributed by atoms with E-state index in [9.17, 15) is 19.8 Å². The van der Waals surface area contributed by atoms with E-state index in [1.165, 1.54) is 0 Å². The average molecular weight is 589 g/mol. The molecule has 2 aliphatic heterocycles. The number of benzene rings is 3. The topological polar surface area (TPSA) is 146 Å². The van der Waals surface area contributed by atoms with Crippen LogP contribution in [0.1, 0.15) is 61.2 Å². The van der Waals surface area contributed by atoms with Crippen molar-refractivity contribution in [2.75, 3.05) is 36.0 Å². The van der Waals surface area contributed by atoms with Crippen LogP contribution in [0.25, 0.3) is 0 Å². The van der Waals surface area contributed by atoms with Crippen LogP contribution in [0.3, 0.4) is 0 Å². The summed E-state index contributed by atoms with van der Waals surface area (Å²) >= 11 is 0. The molecule has 3 aromatic carbocycles. The van der Waals surface area contributed by atoms with Gasteiger partial charge in [-0.1, -0.05) is 48.5 Å². The average Bonchev–Trinajstić information content (AvgIpc) is 3.42. The van der Waals surface area contributed by atoms with Crippen LogP contribution in [0.5, 0.6) is 0 Å². The van der Waals surface area contributed by atoms with Crippen molar-refractivity contribution in [2.24, 2.45) is 0 Å². The van der Waals surface area contributed by atoms with Gasteiger partial charge in [0.2, 0.25) is 11.8 Å². The van der Waals surface area contributed by atoms with Crippen molar-refractivity contribution in [3.8, 4) is 0 Å². The van der Waals surface area contributed by atoms with Crippen LogP contribution in [0.2, 0.25) is 0 Å². The maximum absolute atomic E-state index is 12.7. The summed E-state index contributed by atoms with van der Waals surface area (Å²) in [6, 6.07) is 22.2. The number of β-amino-alcohol motifs (C(OH)–C–C–N with tert-alkyl or cyclic N) is 1. The minimum Gasteiger partial charge on any atom is -0.397 e. The normalized spacial score (nSPS) is 22.3. The van der Waals surface area contributed by atoms with E-state index in [0.29, 0.717) is 43.0 Å². The summed E-state index contributed by atoms with van der Waals surface area (Å²) in [5.74, 6) is -0.389. The molecule has 0 radical (unpaired) electrons. The molecule has 3 aromatic rings. The van der Waals surface area contributed by atoms with E-state index in [-0.39, 0.29) is 49.6 Å². The van der Waals surface area contributed by atoms with Crippen LogP contribution in [0.4, 0.5) is 17.1 Å². The highest BCUT2D eigenvalue weighted by molar-refractivity contribution is 5.94. The number of nitrogens with two attached hydrogens (primary N) is 1. The lowest BCUT2D eigenvalue weighted by Crippen LogP contribution is -2.38. The number of amides is 2. The molecule has 2 saturated heterocycles. The van der Waals surface area contributed by atoms with Gasteiger partial charge in [-0.2, -0.15) is 0 Å². The molecule has 6 N–H and O–H groups in total. The number of nitrogen functional groups attached to an aromatic ring is 1. The molecule has 228 valence electrons. The van der Waals surface area contributed by atoms with Gasteiger partial charge in [-0.25, -0.2) is 0 Å². The highest BCUT2D eigenvalue weighted by atomic mass is 16.7. The first-order valence-electron chi connectivity index (χ1n) is 14.8. The summed E-state index contributed by atoms with van der Waals surface area (Å²) in [6.07, 6.45) is 0.879. The molecule has 2 fully saturated rings. The van der Waals surface area contributed by atoms with Crippen LogP contribution in [0.15, 0.2) is 72.8 Å². The van der Waals surface area contributed by atoms with Crippen molar-refractivity contribution in [2.45, 2.75) is 63.3 Å². The Morgan fingerprint density at radius 2 is 1.70 bits per heavy atom. The predicted octanol–water partition coefficient (Wildman–Crippen LogP) is 4.12.